The van der Waals surface area contributed by atoms with Crippen LogP contribution < -0.4 is 11.5 Å². The van der Waals surface area contributed by atoms with E-state index in [1.54, 1.807) is 0 Å². The van der Waals surface area contributed by atoms with Crippen LogP contribution in [-0.4, -0.2) is 0 Å². The molecule has 0 saturated heterocycles. The van der Waals surface area contributed by atoms with Gasteiger partial charge in [0.05, 0.1) is 0 Å². The fourth-order valence-corrected chi connectivity index (χ4v) is 3.32. The van der Waals surface area contributed by atoms with Crippen LogP contribution >= 0.6 is 0 Å². The van der Waals surface area contributed by atoms with Gasteiger partial charge in [0, 0.05) is 22.1 Å². The molecule has 0 heterocycles. The summed E-state index contributed by atoms with van der Waals surface area (Å²) in [6.07, 6.45) is 13.2. The smallest absolute Gasteiger partial charge is 0.0427 e. The Hall–Kier alpha value is -1.70. The summed E-state index contributed by atoms with van der Waals surface area (Å²) in [4.78, 5) is 0. The zero-order valence-electron chi connectivity index (χ0n) is 14.6. The molecule has 0 saturated carbocycles. The standard InChI is InChI=1S/C21H32N2/c1-2-3-4-5-6-7-8-9-10-13-17-16-20(22)18-14-11-12-15-19(18)21(17)23/h11-12,14-16H,2-10,13,22-23H2,1H3. The summed E-state index contributed by atoms with van der Waals surface area (Å²) in [5, 5.41) is 2.17. The monoisotopic (exact) mass is 312 g/mol. The van der Waals surface area contributed by atoms with Crippen molar-refractivity contribution < 1.29 is 0 Å². The van der Waals surface area contributed by atoms with Crippen molar-refractivity contribution in [1.29, 1.82) is 0 Å². The van der Waals surface area contributed by atoms with Crippen molar-refractivity contribution in [3.63, 3.8) is 0 Å². The minimum Gasteiger partial charge on any atom is -0.398 e. The van der Waals surface area contributed by atoms with Crippen LogP contribution in [0.3, 0.4) is 0 Å². The molecule has 0 spiro atoms. The molecular formula is C21H32N2. The van der Waals surface area contributed by atoms with E-state index in [0.29, 0.717) is 0 Å². The fourth-order valence-electron chi connectivity index (χ4n) is 3.32. The Labute approximate surface area is 141 Å². The maximum absolute atomic E-state index is 6.34. The van der Waals surface area contributed by atoms with Gasteiger partial charge in [-0.1, -0.05) is 82.6 Å². The number of fused-ring (bicyclic) bond motifs is 1. The van der Waals surface area contributed by atoms with Crippen molar-refractivity contribution in [3.05, 3.63) is 35.9 Å². The van der Waals surface area contributed by atoms with Crippen LogP contribution in [0.5, 0.6) is 0 Å². The van der Waals surface area contributed by atoms with E-state index < -0.39 is 0 Å². The molecule has 126 valence electrons. The highest BCUT2D eigenvalue weighted by Crippen LogP contribution is 2.31. The van der Waals surface area contributed by atoms with Crippen LogP contribution in [0.25, 0.3) is 10.8 Å². The molecule has 2 rings (SSSR count). The second-order valence-electron chi connectivity index (χ2n) is 6.66. The minimum absolute atomic E-state index is 0.848. The fraction of sp³-hybridized carbons (Fsp3) is 0.524. The van der Waals surface area contributed by atoms with Gasteiger partial charge in [0.2, 0.25) is 0 Å². The summed E-state index contributed by atoms with van der Waals surface area (Å²) < 4.78 is 0. The third kappa shape index (κ3) is 5.16. The van der Waals surface area contributed by atoms with Gasteiger partial charge >= 0.3 is 0 Å². The van der Waals surface area contributed by atoms with Crippen LogP contribution in [0.1, 0.15) is 70.3 Å². The number of hydrogen-bond donors (Lipinski definition) is 2. The summed E-state index contributed by atoms with van der Waals surface area (Å²) in [7, 11) is 0. The number of benzene rings is 2. The predicted molar refractivity (Wildman–Crippen MR) is 104 cm³/mol. The molecule has 2 aromatic carbocycles. The summed E-state index contributed by atoms with van der Waals surface area (Å²) in [5.41, 5.74) is 15.5. The third-order valence-corrected chi connectivity index (χ3v) is 4.75. The molecule has 2 nitrogen and oxygen atoms in total. The van der Waals surface area contributed by atoms with Gasteiger partial charge in [0.1, 0.15) is 0 Å². The summed E-state index contributed by atoms with van der Waals surface area (Å²) >= 11 is 0. The molecule has 2 heteroatoms. The Morgan fingerprint density at radius 2 is 1.30 bits per heavy atom. The average molecular weight is 313 g/mol. The lowest BCUT2D eigenvalue weighted by molar-refractivity contribution is 0.565. The molecule has 4 N–H and O–H groups in total. The number of nitrogens with two attached hydrogens (primary N) is 2. The number of nitrogen functional groups attached to an aromatic ring is 2. The van der Waals surface area contributed by atoms with E-state index in [4.69, 9.17) is 11.5 Å². The number of aryl methyl sites for hydroxylation is 1. The molecule has 23 heavy (non-hydrogen) atoms. The van der Waals surface area contributed by atoms with E-state index in [0.717, 1.165) is 28.6 Å². The van der Waals surface area contributed by atoms with Gasteiger partial charge in [-0.2, -0.15) is 0 Å². The largest absolute Gasteiger partial charge is 0.398 e. The molecular weight excluding hydrogens is 280 g/mol. The zero-order chi connectivity index (χ0) is 16.5. The highest BCUT2D eigenvalue weighted by atomic mass is 14.6. The molecule has 0 unspecified atom stereocenters. The van der Waals surface area contributed by atoms with Crippen LogP contribution in [-0.2, 0) is 6.42 Å². The van der Waals surface area contributed by atoms with Crippen molar-refractivity contribution in [3.8, 4) is 0 Å². The van der Waals surface area contributed by atoms with Crippen molar-refractivity contribution in [2.75, 3.05) is 11.5 Å². The first kappa shape index (κ1) is 17.7. The van der Waals surface area contributed by atoms with Crippen LogP contribution in [0.15, 0.2) is 30.3 Å². The topological polar surface area (TPSA) is 52.0 Å². The Balaban J connectivity index is 1.76. The van der Waals surface area contributed by atoms with Gasteiger partial charge in [-0.3, -0.25) is 0 Å². The summed E-state index contributed by atoms with van der Waals surface area (Å²) in [5.74, 6) is 0. The van der Waals surface area contributed by atoms with Gasteiger partial charge in [-0.05, 0) is 24.5 Å². The summed E-state index contributed by atoms with van der Waals surface area (Å²) in [6, 6.07) is 10.2. The molecule has 0 radical (unpaired) electrons. The maximum Gasteiger partial charge on any atom is 0.0427 e. The van der Waals surface area contributed by atoms with Crippen molar-refractivity contribution in [2.45, 2.75) is 71.1 Å². The second kappa shape index (κ2) is 9.44. The van der Waals surface area contributed by atoms with Crippen LogP contribution in [0.4, 0.5) is 11.4 Å². The molecule has 0 fully saturated rings. The lowest BCUT2D eigenvalue weighted by atomic mass is 9.98. The van der Waals surface area contributed by atoms with Crippen LogP contribution in [0, 0.1) is 0 Å². The van der Waals surface area contributed by atoms with E-state index in [9.17, 15) is 0 Å². The third-order valence-electron chi connectivity index (χ3n) is 4.75. The Morgan fingerprint density at radius 1 is 0.739 bits per heavy atom. The first-order valence-electron chi connectivity index (χ1n) is 9.29. The number of anilines is 2. The van der Waals surface area contributed by atoms with Gasteiger partial charge in [0.15, 0.2) is 0 Å². The normalized spacial score (nSPS) is 11.2. The lowest BCUT2D eigenvalue weighted by Crippen LogP contribution is -1.99. The molecule has 0 aliphatic heterocycles. The Morgan fingerprint density at radius 3 is 1.96 bits per heavy atom. The molecule has 0 atom stereocenters. The molecule has 0 aromatic heterocycles. The van der Waals surface area contributed by atoms with E-state index in [2.05, 4.69) is 19.1 Å². The Kier molecular flexibility index (Phi) is 7.25. The SMILES string of the molecule is CCCCCCCCCCCc1cc(N)c2ccccc2c1N. The van der Waals surface area contributed by atoms with Crippen molar-refractivity contribution in [2.24, 2.45) is 0 Å². The van der Waals surface area contributed by atoms with Gasteiger partial charge in [-0.25, -0.2) is 0 Å². The Bertz CT molecular complexity index is 604. The number of hydrogen-bond acceptors (Lipinski definition) is 2. The first-order valence-corrected chi connectivity index (χ1v) is 9.29. The predicted octanol–water partition coefficient (Wildman–Crippen LogP) is 6.08. The number of rotatable bonds is 10. The molecule has 0 aliphatic rings. The highest BCUT2D eigenvalue weighted by Gasteiger charge is 2.07. The van der Waals surface area contributed by atoms with E-state index in [-0.39, 0.29) is 0 Å². The van der Waals surface area contributed by atoms with E-state index in [1.165, 1.54) is 63.4 Å². The summed E-state index contributed by atoms with van der Waals surface area (Å²) in [6.45, 7) is 2.27. The molecule has 0 bridgehead atoms. The maximum atomic E-state index is 6.34. The van der Waals surface area contributed by atoms with Gasteiger partial charge < -0.3 is 11.5 Å². The van der Waals surface area contributed by atoms with E-state index in [1.807, 2.05) is 18.2 Å². The van der Waals surface area contributed by atoms with Crippen LogP contribution in [0.2, 0.25) is 0 Å². The molecule has 0 aliphatic carbocycles. The van der Waals surface area contributed by atoms with Gasteiger partial charge in [-0.15, -0.1) is 0 Å². The van der Waals surface area contributed by atoms with Gasteiger partial charge in [0.25, 0.3) is 0 Å². The minimum atomic E-state index is 0.848. The lowest BCUT2D eigenvalue weighted by Gasteiger charge is -2.12. The quantitative estimate of drug-likeness (QED) is 0.413. The van der Waals surface area contributed by atoms with Crippen molar-refractivity contribution in [1.82, 2.24) is 0 Å². The highest BCUT2D eigenvalue weighted by molar-refractivity contribution is 6.01. The second-order valence-corrected chi connectivity index (χ2v) is 6.66. The zero-order valence-corrected chi connectivity index (χ0v) is 14.6. The van der Waals surface area contributed by atoms with E-state index >= 15 is 0 Å². The molecule has 0 amide bonds. The van der Waals surface area contributed by atoms with Crippen molar-refractivity contribution >= 4 is 22.1 Å². The molecule has 2 aromatic rings. The first-order chi connectivity index (χ1) is 11.2. The number of unbranched alkanes of at least 4 members (excludes halogenated alkanes) is 8. The average Bonchev–Trinajstić information content (AvgIpc) is 2.57.